The summed E-state index contributed by atoms with van der Waals surface area (Å²) >= 11 is 1.53. The summed E-state index contributed by atoms with van der Waals surface area (Å²) in [5.74, 6) is 1.43. The van der Waals surface area contributed by atoms with E-state index in [2.05, 4.69) is 30.6 Å². The van der Waals surface area contributed by atoms with E-state index in [-0.39, 0.29) is 16.8 Å². The predicted molar refractivity (Wildman–Crippen MR) is 127 cm³/mol. The molecule has 2 aliphatic rings. The highest BCUT2D eigenvalue weighted by molar-refractivity contribution is 7.98. The lowest BCUT2D eigenvalue weighted by Gasteiger charge is -2.57. The summed E-state index contributed by atoms with van der Waals surface area (Å²) in [5.41, 5.74) is -0.624. The van der Waals surface area contributed by atoms with Crippen molar-refractivity contribution in [1.29, 1.82) is 0 Å². The number of nitrogens with one attached hydrogen (secondary N) is 2. The van der Waals surface area contributed by atoms with Crippen LogP contribution in [0.4, 0.5) is 36.4 Å². The molecule has 35 heavy (non-hydrogen) atoms. The molecule has 12 heteroatoms. The summed E-state index contributed by atoms with van der Waals surface area (Å²) in [6.07, 6.45) is 0.325. The standard InChI is InChI=1S/C23H24F3N7OS/c1-14(33-9-22(10-33)11-34-12-22)15-5-6-17(31-20(15)23(24,25)26)30-18-8-19(29-13-28-18)32-21-16(35-2)4-3-7-27-21/h3-8,13-14H,9-12H2,1-2H3,(H2,27,28,29,30,31,32). The minimum atomic E-state index is -4.59. The van der Waals surface area contributed by atoms with Crippen molar-refractivity contribution in [1.82, 2.24) is 24.8 Å². The van der Waals surface area contributed by atoms with Crippen LogP contribution in [0, 0.1) is 5.41 Å². The molecule has 5 rings (SSSR count). The van der Waals surface area contributed by atoms with Crippen molar-refractivity contribution in [3.63, 3.8) is 0 Å². The van der Waals surface area contributed by atoms with Crippen molar-refractivity contribution in [2.45, 2.75) is 24.0 Å². The molecule has 3 aromatic heterocycles. The first kappa shape index (κ1) is 23.8. The quantitative estimate of drug-likeness (QED) is 0.438. The van der Waals surface area contributed by atoms with Gasteiger partial charge in [0.05, 0.1) is 13.2 Å². The van der Waals surface area contributed by atoms with Gasteiger partial charge in [-0.2, -0.15) is 13.2 Å². The smallest absolute Gasteiger partial charge is 0.380 e. The maximum Gasteiger partial charge on any atom is 0.433 e. The molecule has 2 aliphatic heterocycles. The highest BCUT2D eigenvalue weighted by Gasteiger charge is 2.51. The lowest BCUT2D eigenvalue weighted by molar-refractivity contribution is -0.198. The Balaban J connectivity index is 1.34. The third-order valence-electron chi connectivity index (χ3n) is 6.25. The van der Waals surface area contributed by atoms with Crippen LogP contribution in [0.15, 0.2) is 47.8 Å². The first-order valence-electron chi connectivity index (χ1n) is 11.0. The normalized spacial score (nSPS) is 18.0. The number of likely N-dealkylation sites (tertiary alicyclic amines) is 1. The second-order valence-corrected chi connectivity index (χ2v) is 9.65. The Bertz CT molecular complexity index is 1210. The second kappa shape index (κ2) is 9.25. The number of anilines is 4. The number of hydrogen-bond acceptors (Lipinski definition) is 9. The van der Waals surface area contributed by atoms with Crippen LogP contribution in [0.25, 0.3) is 0 Å². The molecule has 1 spiro atoms. The lowest BCUT2D eigenvalue weighted by Crippen LogP contribution is -2.66. The SMILES string of the molecule is CSc1cccnc1Nc1cc(Nc2ccc(C(C)N3CC4(COC4)C3)c(C(F)(F)F)n2)ncn1. The van der Waals surface area contributed by atoms with Gasteiger partial charge >= 0.3 is 6.18 Å². The summed E-state index contributed by atoms with van der Waals surface area (Å²) in [5, 5.41) is 5.98. The van der Waals surface area contributed by atoms with Crippen molar-refractivity contribution in [3.05, 3.63) is 54.1 Å². The summed E-state index contributed by atoms with van der Waals surface area (Å²) in [4.78, 5) is 19.5. The van der Waals surface area contributed by atoms with Gasteiger partial charge in [0.1, 0.15) is 29.6 Å². The minimum absolute atomic E-state index is 0.0491. The number of nitrogens with zero attached hydrogens (tertiary/aromatic N) is 5. The van der Waals surface area contributed by atoms with Crippen LogP contribution in [0.3, 0.4) is 0 Å². The highest BCUT2D eigenvalue weighted by Crippen LogP contribution is 2.44. The number of rotatable bonds is 7. The molecule has 0 saturated carbocycles. The molecule has 8 nitrogen and oxygen atoms in total. The van der Waals surface area contributed by atoms with Crippen molar-refractivity contribution in [3.8, 4) is 0 Å². The van der Waals surface area contributed by atoms with E-state index in [0.717, 1.165) is 18.0 Å². The Kier molecular flexibility index (Phi) is 6.28. The summed E-state index contributed by atoms with van der Waals surface area (Å²) < 4.78 is 47.1. The average molecular weight is 504 g/mol. The van der Waals surface area contributed by atoms with E-state index < -0.39 is 17.9 Å². The van der Waals surface area contributed by atoms with Gasteiger partial charge in [0.25, 0.3) is 0 Å². The molecule has 0 amide bonds. The molecular weight excluding hydrogens is 479 g/mol. The van der Waals surface area contributed by atoms with Crippen LogP contribution in [-0.2, 0) is 10.9 Å². The molecule has 0 bridgehead atoms. The molecular formula is C23H24F3N7OS. The summed E-state index contributed by atoms with van der Waals surface area (Å²) in [6, 6.07) is 7.97. The van der Waals surface area contributed by atoms with E-state index in [1.54, 1.807) is 25.3 Å². The number of halogens is 3. The number of pyridine rings is 2. The zero-order valence-corrected chi connectivity index (χ0v) is 20.0. The highest BCUT2D eigenvalue weighted by atomic mass is 32.2. The minimum Gasteiger partial charge on any atom is -0.380 e. The number of aromatic nitrogens is 4. The maximum atomic E-state index is 13.9. The van der Waals surface area contributed by atoms with Gasteiger partial charge in [-0.3, -0.25) is 4.90 Å². The largest absolute Gasteiger partial charge is 0.433 e. The summed E-state index contributed by atoms with van der Waals surface area (Å²) in [7, 11) is 0. The van der Waals surface area contributed by atoms with Gasteiger partial charge in [-0.25, -0.2) is 19.9 Å². The molecule has 184 valence electrons. The topological polar surface area (TPSA) is 88.1 Å². The van der Waals surface area contributed by atoms with Crippen LogP contribution in [0.5, 0.6) is 0 Å². The Morgan fingerprint density at radius 1 is 1.06 bits per heavy atom. The fourth-order valence-electron chi connectivity index (χ4n) is 4.36. The molecule has 1 unspecified atom stereocenters. The van der Waals surface area contributed by atoms with Gasteiger partial charge in [-0.1, -0.05) is 6.07 Å². The van der Waals surface area contributed by atoms with Crippen LogP contribution in [0.1, 0.15) is 24.2 Å². The monoisotopic (exact) mass is 503 g/mol. The van der Waals surface area contributed by atoms with Gasteiger partial charge < -0.3 is 15.4 Å². The molecule has 5 heterocycles. The Hall–Kier alpha value is -2.96. The van der Waals surface area contributed by atoms with Crippen LogP contribution in [-0.4, -0.2) is 57.4 Å². The maximum absolute atomic E-state index is 13.9. The van der Waals surface area contributed by atoms with Gasteiger partial charge in [-0.05, 0) is 36.9 Å². The first-order valence-corrected chi connectivity index (χ1v) is 12.2. The Labute approximate surface area is 204 Å². The Morgan fingerprint density at radius 2 is 1.80 bits per heavy atom. The van der Waals surface area contributed by atoms with Gasteiger partial charge in [0.15, 0.2) is 5.69 Å². The molecule has 1 atom stereocenters. The third kappa shape index (κ3) is 4.91. The van der Waals surface area contributed by atoms with E-state index in [4.69, 9.17) is 4.74 Å². The fourth-order valence-corrected chi connectivity index (χ4v) is 4.87. The molecule has 2 saturated heterocycles. The van der Waals surface area contributed by atoms with Crippen LogP contribution >= 0.6 is 11.8 Å². The van der Waals surface area contributed by atoms with E-state index in [1.165, 1.54) is 24.2 Å². The molecule has 0 radical (unpaired) electrons. The number of ether oxygens (including phenoxy) is 1. The number of alkyl halides is 3. The van der Waals surface area contributed by atoms with E-state index in [0.29, 0.717) is 30.7 Å². The van der Waals surface area contributed by atoms with Crippen molar-refractivity contribution in [2.75, 3.05) is 43.2 Å². The van der Waals surface area contributed by atoms with Gasteiger partial charge in [-0.15, -0.1) is 11.8 Å². The molecule has 3 aromatic rings. The fraction of sp³-hybridized carbons (Fsp3) is 0.391. The zero-order valence-electron chi connectivity index (χ0n) is 19.1. The molecule has 2 N–H and O–H groups in total. The predicted octanol–water partition coefficient (Wildman–Crippen LogP) is 4.89. The third-order valence-corrected chi connectivity index (χ3v) is 7.02. The van der Waals surface area contributed by atoms with Gasteiger partial charge in [0.2, 0.25) is 0 Å². The van der Waals surface area contributed by atoms with Gasteiger partial charge in [0, 0.05) is 41.7 Å². The second-order valence-electron chi connectivity index (χ2n) is 8.80. The first-order chi connectivity index (χ1) is 16.8. The van der Waals surface area contributed by atoms with Crippen LogP contribution in [0.2, 0.25) is 0 Å². The van der Waals surface area contributed by atoms with Crippen molar-refractivity contribution < 1.29 is 17.9 Å². The number of hydrogen-bond donors (Lipinski definition) is 2. The van der Waals surface area contributed by atoms with E-state index in [1.807, 2.05) is 23.3 Å². The zero-order chi connectivity index (χ0) is 24.6. The molecule has 2 fully saturated rings. The van der Waals surface area contributed by atoms with Crippen molar-refractivity contribution >= 4 is 35.0 Å². The van der Waals surface area contributed by atoms with E-state index >= 15 is 0 Å². The average Bonchev–Trinajstić information content (AvgIpc) is 2.77. The Morgan fingerprint density at radius 3 is 2.46 bits per heavy atom. The van der Waals surface area contributed by atoms with Crippen molar-refractivity contribution in [2.24, 2.45) is 5.41 Å². The lowest BCUT2D eigenvalue weighted by atomic mass is 9.76. The van der Waals surface area contributed by atoms with E-state index in [9.17, 15) is 13.2 Å². The molecule has 0 aromatic carbocycles. The van der Waals surface area contributed by atoms with Crippen LogP contribution < -0.4 is 10.6 Å². The summed E-state index contributed by atoms with van der Waals surface area (Å²) in [6.45, 7) is 4.61. The molecule has 0 aliphatic carbocycles. The number of thioether (sulfide) groups is 1.